The molecule has 0 fully saturated rings. The maximum absolute atomic E-state index is 3.28. The van der Waals surface area contributed by atoms with Crippen LogP contribution in [-0.2, 0) is 0 Å². The number of rotatable bonds is 9. The van der Waals surface area contributed by atoms with Crippen molar-refractivity contribution in [3.63, 3.8) is 0 Å². The minimum absolute atomic E-state index is 0.811. The van der Waals surface area contributed by atoms with E-state index >= 15 is 0 Å². The maximum atomic E-state index is 3.28. The molecule has 92 valence electrons. The SMILES string of the molecule is CCCCC(CC)CC(C)C(C)CNC. The highest BCUT2D eigenvalue weighted by molar-refractivity contribution is 4.68. The smallest absolute Gasteiger partial charge is 0.00236 e. The number of nitrogens with one attached hydrogen (secondary N) is 1. The first-order valence-electron chi connectivity index (χ1n) is 6.80. The summed E-state index contributed by atoms with van der Waals surface area (Å²) in [7, 11) is 2.05. The highest BCUT2D eigenvalue weighted by atomic mass is 14.8. The van der Waals surface area contributed by atoms with Gasteiger partial charge in [-0.15, -0.1) is 0 Å². The van der Waals surface area contributed by atoms with Crippen molar-refractivity contribution in [1.29, 1.82) is 0 Å². The van der Waals surface area contributed by atoms with Crippen LogP contribution in [0.4, 0.5) is 0 Å². The van der Waals surface area contributed by atoms with Gasteiger partial charge in [-0.05, 0) is 37.8 Å². The van der Waals surface area contributed by atoms with E-state index in [4.69, 9.17) is 0 Å². The Kier molecular flexibility index (Phi) is 9.18. The number of unbranched alkanes of at least 4 members (excludes halogenated alkanes) is 1. The quantitative estimate of drug-likeness (QED) is 0.608. The van der Waals surface area contributed by atoms with Crippen molar-refractivity contribution < 1.29 is 0 Å². The zero-order chi connectivity index (χ0) is 11.7. The summed E-state index contributed by atoms with van der Waals surface area (Å²) in [6.45, 7) is 10.6. The summed E-state index contributed by atoms with van der Waals surface area (Å²) in [5.41, 5.74) is 0. The first-order valence-corrected chi connectivity index (χ1v) is 6.80. The highest BCUT2D eigenvalue weighted by Crippen LogP contribution is 2.25. The zero-order valence-electron chi connectivity index (χ0n) is 11.5. The van der Waals surface area contributed by atoms with Crippen molar-refractivity contribution in [2.24, 2.45) is 17.8 Å². The summed E-state index contributed by atoms with van der Waals surface area (Å²) >= 11 is 0. The van der Waals surface area contributed by atoms with E-state index in [2.05, 4.69) is 40.1 Å². The third-order valence-electron chi connectivity index (χ3n) is 3.75. The number of hydrogen-bond acceptors (Lipinski definition) is 1. The molecule has 0 aliphatic heterocycles. The fraction of sp³-hybridized carbons (Fsp3) is 1.00. The molecule has 0 aliphatic carbocycles. The van der Waals surface area contributed by atoms with Crippen LogP contribution in [0.15, 0.2) is 0 Å². The second-order valence-corrected chi connectivity index (χ2v) is 5.16. The molecule has 15 heavy (non-hydrogen) atoms. The lowest BCUT2D eigenvalue weighted by molar-refractivity contribution is 0.280. The van der Waals surface area contributed by atoms with E-state index in [9.17, 15) is 0 Å². The Morgan fingerprint density at radius 1 is 1.07 bits per heavy atom. The summed E-state index contributed by atoms with van der Waals surface area (Å²) in [4.78, 5) is 0. The average molecular weight is 213 g/mol. The van der Waals surface area contributed by atoms with Gasteiger partial charge in [0.25, 0.3) is 0 Å². The predicted molar refractivity (Wildman–Crippen MR) is 70.2 cm³/mol. The van der Waals surface area contributed by atoms with Crippen molar-refractivity contribution in [3.05, 3.63) is 0 Å². The molecule has 0 saturated heterocycles. The normalized spacial score (nSPS) is 17.4. The van der Waals surface area contributed by atoms with Gasteiger partial charge in [-0.1, -0.05) is 53.4 Å². The Morgan fingerprint density at radius 3 is 2.20 bits per heavy atom. The lowest BCUT2D eigenvalue weighted by Crippen LogP contribution is -2.23. The first-order chi connectivity index (χ1) is 7.15. The minimum Gasteiger partial charge on any atom is -0.319 e. The minimum atomic E-state index is 0.811. The molecule has 0 amide bonds. The third kappa shape index (κ3) is 6.94. The molecule has 0 rings (SSSR count). The van der Waals surface area contributed by atoms with Crippen molar-refractivity contribution in [2.45, 2.75) is 59.8 Å². The van der Waals surface area contributed by atoms with Crippen LogP contribution < -0.4 is 5.32 Å². The van der Waals surface area contributed by atoms with Crippen LogP contribution in [0.1, 0.15) is 59.8 Å². The van der Waals surface area contributed by atoms with Gasteiger partial charge in [0.15, 0.2) is 0 Å². The van der Waals surface area contributed by atoms with Crippen LogP contribution >= 0.6 is 0 Å². The Balaban J connectivity index is 3.83. The van der Waals surface area contributed by atoms with E-state index in [0.29, 0.717) is 0 Å². The average Bonchev–Trinajstić information content (AvgIpc) is 2.24. The van der Waals surface area contributed by atoms with Crippen molar-refractivity contribution in [2.75, 3.05) is 13.6 Å². The molecule has 3 unspecified atom stereocenters. The van der Waals surface area contributed by atoms with E-state index in [-0.39, 0.29) is 0 Å². The van der Waals surface area contributed by atoms with Gasteiger partial charge in [0.2, 0.25) is 0 Å². The molecule has 0 heterocycles. The van der Waals surface area contributed by atoms with Gasteiger partial charge in [0.1, 0.15) is 0 Å². The topological polar surface area (TPSA) is 12.0 Å². The van der Waals surface area contributed by atoms with Crippen LogP contribution in [0.5, 0.6) is 0 Å². The molecule has 1 heteroatoms. The van der Waals surface area contributed by atoms with E-state index in [1.807, 2.05) is 0 Å². The van der Waals surface area contributed by atoms with Crippen LogP contribution in [-0.4, -0.2) is 13.6 Å². The van der Waals surface area contributed by atoms with Gasteiger partial charge < -0.3 is 5.32 Å². The van der Waals surface area contributed by atoms with Gasteiger partial charge in [-0.2, -0.15) is 0 Å². The molecular formula is C14H31N. The maximum Gasteiger partial charge on any atom is -0.00236 e. The molecule has 0 radical (unpaired) electrons. The van der Waals surface area contributed by atoms with Gasteiger partial charge in [-0.25, -0.2) is 0 Å². The fourth-order valence-corrected chi connectivity index (χ4v) is 2.26. The summed E-state index contributed by atoms with van der Waals surface area (Å²) < 4.78 is 0. The summed E-state index contributed by atoms with van der Waals surface area (Å²) in [5.74, 6) is 2.63. The molecule has 0 aromatic heterocycles. The molecule has 0 aromatic carbocycles. The van der Waals surface area contributed by atoms with Gasteiger partial charge in [0.05, 0.1) is 0 Å². The zero-order valence-corrected chi connectivity index (χ0v) is 11.5. The second-order valence-electron chi connectivity index (χ2n) is 5.16. The highest BCUT2D eigenvalue weighted by Gasteiger charge is 2.16. The molecule has 0 aliphatic rings. The monoisotopic (exact) mass is 213 g/mol. The second kappa shape index (κ2) is 9.21. The van der Waals surface area contributed by atoms with E-state index < -0.39 is 0 Å². The third-order valence-corrected chi connectivity index (χ3v) is 3.75. The van der Waals surface area contributed by atoms with Crippen LogP contribution in [0.2, 0.25) is 0 Å². The summed E-state index contributed by atoms with van der Waals surface area (Å²) in [6, 6.07) is 0. The molecule has 1 nitrogen and oxygen atoms in total. The Labute approximate surface area is 97.0 Å². The molecule has 0 bridgehead atoms. The van der Waals surface area contributed by atoms with E-state index in [1.54, 1.807) is 0 Å². The van der Waals surface area contributed by atoms with Crippen LogP contribution in [0, 0.1) is 17.8 Å². The standard InChI is InChI=1S/C14H31N/c1-6-8-9-14(7-2)10-12(3)13(4)11-15-5/h12-15H,6-11H2,1-5H3. The molecular weight excluding hydrogens is 182 g/mol. The van der Waals surface area contributed by atoms with E-state index in [0.717, 1.165) is 24.3 Å². The largest absolute Gasteiger partial charge is 0.319 e. The van der Waals surface area contributed by atoms with Crippen molar-refractivity contribution in [1.82, 2.24) is 5.32 Å². The Morgan fingerprint density at radius 2 is 1.73 bits per heavy atom. The van der Waals surface area contributed by atoms with Gasteiger partial charge >= 0.3 is 0 Å². The molecule has 0 aromatic rings. The lowest BCUT2D eigenvalue weighted by atomic mass is 9.83. The van der Waals surface area contributed by atoms with Crippen molar-refractivity contribution in [3.8, 4) is 0 Å². The van der Waals surface area contributed by atoms with Crippen LogP contribution in [0.3, 0.4) is 0 Å². The fourth-order valence-electron chi connectivity index (χ4n) is 2.26. The number of hydrogen-bond donors (Lipinski definition) is 1. The Bertz CT molecular complexity index is 133. The summed E-state index contributed by atoms with van der Waals surface area (Å²) in [6.07, 6.45) is 6.96. The van der Waals surface area contributed by atoms with Crippen LogP contribution in [0.25, 0.3) is 0 Å². The van der Waals surface area contributed by atoms with Gasteiger partial charge in [0, 0.05) is 0 Å². The molecule has 0 spiro atoms. The van der Waals surface area contributed by atoms with Crippen molar-refractivity contribution >= 4 is 0 Å². The molecule has 1 N–H and O–H groups in total. The predicted octanol–water partition coefficient (Wildman–Crippen LogP) is 4.08. The molecule has 3 atom stereocenters. The summed E-state index contributed by atoms with van der Waals surface area (Å²) in [5, 5.41) is 3.28. The van der Waals surface area contributed by atoms with Gasteiger partial charge in [-0.3, -0.25) is 0 Å². The Hall–Kier alpha value is -0.0400. The molecule has 0 saturated carbocycles. The van der Waals surface area contributed by atoms with E-state index in [1.165, 1.54) is 32.1 Å². The lowest BCUT2D eigenvalue weighted by Gasteiger charge is -2.24. The first kappa shape index (κ1) is 15.0.